The number of carbonyl (C=O) groups excluding carboxylic acids is 1. The summed E-state index contributed by atoms with van der Waals surface area (Å²) < 4.78 is 2.02. The summed E-state index contributed by atoms with van der Waals surface area (Å²) in [4.78, 5) is 25.9. The summed E-state index contributed by atoms with van der Waals surface area (Å²) in [6, 6.07) is 16.5. The van der Waals surface area contributed by atoms with E-state index in [1.54, 1.807) is 12.3 Å². The second-order valence-corrected chi connectivity index (χ2v) is 10.5. The van der Waals surface area contributed by atoms with Crippen molar-refractivity contribution in [3.05, 3.63) is 77.1 Å². The molecule has 0 bridgehead atoms. The average molecular weight is 517 g/mol. The van der Waals surface area contributed by atoms with Gasteiger partial charge in [-0.2, -0.15) is 0 Å². The summed E-state index contributed by atoms with van der Waals surface area (Å²) in [6.45, 7) is 8.43. The first-order valence-electron chi connectivity index (χ1n) is 12.6. The molecule has 2 aromatic heterocycles. The minimum atomic E-state index is -0.151. The number of piperazine rings is 1. The molecule has 2 atom stereocenters. The van der Waals surface area contributed by atoms with Gasteiger partial charge in [-0.05, 0) is 81.9 Å². The number of carbonyl (C=O) groups is 1. The van der Waals surface area contributed by atoms with Gasteiger partial charge in [0.2, 0.25) is 0 Å². The Morgan fingerprint density at radius 2 is 1.84 bits per heavy atom. The van der Waals surface area contributed by atoms with Crippen LogP contribution in [0.2, 0.25) is 5.02 Å². The Labute approximate surface area is 223 Å². The lowest BCUT2D eigenvalue weighted by Gasteiger charge is -2.43. The van der Waals surface area contributed by atoms with E-state index < -0.39 is 0 Å². The zero-order valence-corrected chi connectivity index (χ0v) is 22.7. The standard InChI is InChI=1S/C29H33ClN6O/c1-18-13-22(36-16-19(2)35(5)20(3)17-36)9-10-23(18)29(37)32-21-8-11-25(30)24(14-21)28-31-15-26(33-28)27-7-6-12-34(27)4/h6-15,19-20H,16-17H2,1-5H3,(H,31,33)(H,32,37)/t19-,20+. The Morgan fingerprint density at radius 3 is 2.51 bits per heavy atom. The number of halogens is 1. The summed E-state index contributed by atoms with van der Waals surface area (Å²) in [5, 5.41) is 3.59. The van der Waals surface area contributed by atoms with E-state index in [4.69, 9.17) is 11.6 Å². The number of aryl methyl sites for hydroxylation is 2. The Kier molecular flexibility index (Phi) is 6.84. The summed E-state index contributed by atoms with van der Waals surface area (Å²) in [6.07, 6.45) is 3.78. The first-order chi connectivity index (χ1) is 17.7. The fourth-order valence-electron chi connectivity index (χ4n) is 5.03. The molecular weight excluding hydrogens is 484 g/mol. The Hall–Kier alpha value is -3.55. The quantitative estimate of drug-likeness (QED) is 0.350. The van der Waals surface area contributed by atoms with E-state index in [1.807, 2.05) is 61.1 Å². The zero-order valence-electron chi connectivity index (χ0n) is 21.9. The van der Waals surface area contributed by atoms with Crippen LogP contribution in [0.15, 0.2) is 60.9 Å². The highest BCUT2D eigenvalue weighted by atomic mass is 35.5. The number of hydrogen-bond acceptors (Lipinski definition) is 4. The third-order valence-corrected chi connectivity index (χ3v) is 7.78. The summed E-state index contributed by atoms with van der Waals surface area (Å²) in [7, 11) is 4.17. The van der Waals surface area contributed by atoms with Crippen molar-refractivity contribution in [2.45, 2.75) is 32.9 Å². The monoisotopic (exact) mass is 516 g/mol. The fourth-order valence-corrected chi connectivity index (χ4v) is 5.23. The molecule has 1 fully saturated rings. The van der Waals surface area contributed by atoms with Crippen LogP contribution in [-0.4, -0.2) is 57.6 Å². The van der Waals surface area contributed by atoms with Gasteiger partial charge in [0.1, 0.15) is 5.82 Å². The molecule has 2 aromatic carbocycles. The van der Waals surface area contributed by atoms with Crippen LogP contribution < -0.4 is 10.2 Å². The molecule has 37 heavy (non-hydrogen) atoms. The molecule has 2 N–H and O–H groups in total. The molecule has 1 aliphatic heterocycles. The molecule has 5 rings (SSSR count). The average Bonchev–Trinajstić information content (AvgIpc) is 3.52. The topological polar surface area (TPSA) is 69.2 Å². The van der Waals surface area contributed by atoms with Gasteiger partial charge >= 0.3 is 0 Å². The van der Waals surface area contributed by atoms with Crippen LogP contribution in [0.25, 0.3) is 22.8 Å². The maximum Gasteiger partial charge on any atom is 0.255 e. The predicted molar refractivity (Wildman–Crippen MR) is 151 cm³/mol. The maximum absolute atomic E-state index is 13.2. The molecule has 8 heteroatoms. The first kappa shape index (κ1) is 25.1. The third kappa shape index (κ3) is 5.02. The molecule has 1 amide bonds. The molecule has 0 aliphatic carbocycles. The molecule has 0 unspecified atom stereocenters. The van der Waals surface area contributed by atoms with Gasteiger partial charge in [0.25, 0.3) is 5.91 Å². The van der Waals surface area contributed by atoms with Gasteiger partial charge in [0, 0.05) is 60.9 Å². The molecule has 1 saturated heterocycles. The van der Waals surface area contributed by atoms with Gasteiger partial charge in [-0.1, -0.05) is 11.6 Å². The molecule has 1 aliphatic rings. The number of aromatic amines is 1. The van der Waals surface area contributed by atoms with Crippen molar-refractivity contribution < 1.29 is 4.79 Å². The Morgan fingerprint density at radius 1 is 1.08 bits per heavy atom. The minimum absolute atomic E-state index is 0.151. The molecule has 4 aromatic rings. The van der Waals surface area contributed by atoms with Gasteiger partial charge < -0.3 is 19.8 Å². The normalized spacial score (nSPS) is 18.3. The number of H-pyrrole nitrogens is 1. The van der Waals surface area contributed by atoms with E-state index in [-0.39, 0.29) is 5.91 Å². The van der Waals surface area contributed by atoms with E-state index in [1.165, 1.54) is 0 Å². The van der Waals surface area contributed by atoms with Crippen LogP contribution in [0.3, 0.4) is 0 Å². The Bertz CT molecular complexity index is 1430. The van der Waals surface area contributed by atoms with E-state index in [0.29, 0.717) is 34.2 Å². The lowest BCUT2D eigenvalue weighted by Crippen LogP contribution is -2.55. The highest BCUT2D eigenvalue weighted by molar-refractivity contribution is 6.33. The zero-order chi connectivity index (χ0) is 26.3. The highest BCUT2D eigenvalue weighted by Gasteiger charge is 2.27. The van der Waals surface area contributed by atoms with E-state index in [9.17, 15) is 4.79 Å². The number of anilines is 2. The molecule has 3 heterocycles. The number of rotatable bonds is 5. The number of imidazole rings is 1. The van der Waals surface area contributed by atoms with Gasteiger partial charge in [-0.15, -0.1) is 0 Å². The van der Waals surface area contributed by atoms with Gasteiger partial charge in [0.15, 0.2) is 0 Å². The second-order valence-electron chi connectivity index (χ2n) is 10.1. The van der Waals surface area contributed by atoms with Crippen molar-refractivity contribution in [3.63, 3.8) is 0 Å². The van der Waals surface area contributed by atoms with Gasteiger partial charge in [0.05, 0.1) is 22.6 Å². The second kappa shape index (κ2) is 10.1. The number of aromatic nitrogens is 3. The Balaban J connectivity index is 1.34. The lowest BCUT2D eigenvalue weighted by molar-refractivity contribution is 0.102. The van der Waals surface area contributed by atoms with Crippen LogP contribution in [0.5, 0.6) is 0 Å². The fraction of sp³-hybridized carbons (Fsp3) is 0.310. The summed E-state index contributed by atoms with van der Waals surface area (Å²) >= 11 is 6.51. The van der Waals surface area contributed by atoms with E-state index in [0.717, 1.165) is 41.3 Å². The largest absolute Gasteiger partial charge is 0.368 e. The van der Waals surface area contributed by atoms with Gasteiger partial charge in [-0.3, -0.25) is 9.69 Å². The summed E-state index contributed by atoms with van der Waals surface area (Å²) in [5.74, 6) is 0.495. The van der Waals surface area contributed by atoms with Crippen molar-refractivity contribution >= 4 is 28.9 Å². The van der Waals surface area contributed by atoms with Crippen LogP contribution in [0, 0.1) is 6.92 Å². The smallest absolute Gasteiger partial charge is 0.255 e. The highest BCUT2D eigenvalue weighted by Crippen LogP contribution is 2.31. The van der Waals surface area contributed by atoms with Crippen LogP contribution in [0.1, 0.15) is 29.8 Å². The third-order valence-electron chi connectivity index (χ3n) is 7.45. The minimum Gasteiger partial charge on any atom is -0.368 e. The van der Waals surface area contributed by atoms with E-state index in [2.05, 4.69) is 52.0 Å². The summed E-state index contributed by atoms with van der Waals surface area (Å²) in [5.41, 5.74) is 6.06. The molecule has 7 nitrogen and oxygen atoms in total. The molecular formula is C29H33ClN6O. The van der Waals surface area contributed by atoms with Crippen LogP contribution >= 0.6 is 11.6 Å². The number of hydrogen-bond donors (Lipinski definition) is 2. The molecule has 0 spiro atoms. The number of benzene rings is 2. The number of nitrogens with zero attached hydrogens (tertiary/aromatic N) is 4. The molecule has 0 saturated carbocycles. The number of likely N-dealkylation sites (N-methyl/N-ethyl adjacent to an activating group) is 1. The van der Waals surface area contributed by atoms with E-state index >= 15 is 0 Å². The van der Waals surface area contributed by atoms with Crippen molar-refractivity contribution in [2.24, 2.45) is 7.05 Å². The number of nitrogens with one attached hydrogen (secondary N) is 2. The maximum atomic E-state index is 13.2. The predicted octanol–water partition coefficient (Wildman–Crippen LogP) is 5.83. The van der Waals surface area contributed by atoms with Crippen molar-refractivity contribution in [1.29, 1.82) is 0 Å². The lowest BCUT2D eigenvalue weighted by atomic mass is 10.0. The van der Waals surface area contributed by atoms with Crippen molar-refractivity contribution in [3.8, 4) is 22.8 Å². The van der Waals surface area contributed by atoms with Crippen LogP contribution in [-0.2, 0) is 7.05 Å². The molecule has 192 valence electrons. The molecule has 0 radical (unpaired) electrons. The van der Waals surface area contributed by atoms with Crippen molar-refractivity contribution in [1.82, 2.24) is 19.4 Å². The van der Waals surface area contributed by atoms with Gasteiger partial charge in [-0.25, -0.2) is 4.98 Å². The van der Waals surface area contributed by atoms with Crippen LogP contribution in [0.4, 0.5) is 11.4 Å². The number of amides is 1. The first-order valence-corrected chi connectivity index (χ1v) is 12.9. The SMILES string of the molecule is Cc1cc(N2C[C@@H](C)N(C)[C@@H](C)C2)ccc1C(=O)Nc1ccc(Cl)c(-c2ncc(-c3cccn3C)[nH]2)c1. The van der Waals surface area contributed by atoms with Crippen molar-refractivity contribution in [2.75, 3.05) is 30.4 Å².